The Labute approximate surface area is 105 Å². The lowest BCUT2D eigenvalue weighted by atomic mass is 10.00. The molecule has 1 N–H and O–H groups in total. The van der Waals surface area contributed by atoms with Crippen LogP contribution in [0.4, 0.5) is 0 Å². The van der Waals surface area contributed by atoms with Crippen LogP contribution >= 0.6 is 0 Å². The molecule has 1 atom stereocenters. The number of aromatic nitrogens is 1. The Balaban J connectivity index is 2.24. The number of pyridine rings is 1. The van der Waals surface area contributed by atoms with Gasteiger partial charge in [-0.3, -0.25) is 19.5 Å². The van der Waals surface area contributed by atoms with Crippen LogP contribution in [-0.4, -0.2) is 39.0 Å². The van der Waals surface area contributed by atoms with Gasteiger partial charge in [-0.2, -0.15) is 0 Å². The Hall–Kier alpha value is -1.75. The summed E-state index contributed by atoms with van der Waals surface area (Å²) in [4.78, 5) is 29.0. The van der Waals surface area contributed by atoms with Gasteiger partial charge in [-0.25, -0.2) is 0 Å². The molecule has 0 radical (unpaired) electrons. The van der Waals surface area contributed by atoms with E-state index < -0.39 is 5.60 Å². The number of aliphatic hydroxyl groups is 1. The maximum absolute atomic E-state index is 12.1. The topological polar surface area (TPSA) is 70.5 Å². The molecule has 1 aliphatic rings. The van der Waals surface area contributed by atoms with Crippen molar-refractivity contribution in [2.75, 3.05) is 6.54 Å². The predicted molar refractivity (Wildman–Crippen MR) is 65.1 cm³/mol. The number of β-amino-alcohol motifs (C(OH)–C–C–N with tert-alkyl or cyclic N) is 1. The van der Waals surface area contributed by atoms with Gasteiger partial charge in [-0.1, -0.05) is 13.3 Å². The molecule has 1 unspecified atom stereocenters. The first-order valence-electron chi connectivity index (χ1n) is 5.99. The summed E-state index contributed by atoms with van der Waals surface area (Å²) in [6, 6.07) is 1.53. The molecule has 96 valence electrons. The maximum Gasteiger partial charge on any atom is 0.263 e. The van der Waals surface area contributed by atoms with Crippen LogP contribution in [0.15, 0.2) is 18.5 Å². The van der Waals surface area contributed by atoms with E-state index in [1.54, 1.807) is 6.92 Å². The van der Waals surface area contributed by atoms with E-state index in [1.807, 2.05) is 6.92 Å². The second-order valence-corrected chi connectivity index (χ2v) is 4.86. The lowest BCUT2D eigenvalue weighted by Gasteiger charge is -2.27. The molecule has 0 spiro atoms. The maximum atomic E-state index is 12.1. The third-order valence-electron chi connectivity index (χ3n) is 3.06. The van der Waals surface area contributed by atoms with Crippen molar-refractivity contribution < 1.29 is 14.7 Å². The number of amides is 2. The third-order valence-corrected chi connectivity index (χ3v) is 3.06. The Morgan fingerprint density at radius 2 is 2.00 bits per heavy atom. The zero-order valence-electron chi connectivity index (χ0n) is 10.5. The lowest BCUT2D eigenvalue weighted by molar-refractivity contribution is 0.0140. The highest BCUT2D eigenvalue weighted by atomic mass is 16.3. The standard InChI is InChI=1S/C13H16N2O3/c1-3-5-13(2,18)8-15-11(16)9-4-6-14-7-10(9)12(15)17/h4,6-7,18H,3,5,8H2,1-2H3. The number of hydrogen-bond donors (Lipinski definition) is 1. The van der Waals surface area contributed by atoms with Gasteiger partial charge < -0.3 is 5.11 Å². The average molecular weight is 248 g/mol. The van der Waals surface area contributed by atoms with E-state index in [9.17, 15) is 14.7 Å². The molecule has 18 heavy (non-hydrogen) atoms. The summed E-state index contributed by atoms with van der Waals surface area (Å²) in [7, 11) is 0. The second-order valence-electron chi connectivity index (χ2n) is 4.86. The SMILES string of the molecule is CCCC(C)(O)CN1C(=O)c2ccncc2C1=O. The van der Waals surface area contributed by atoms with E-state index in [4.69, 9.17) is 0 Å². The highest BCUT2D eigenvalue weighted by Crippen LogP contribution is 2.24. The highest BCUT2D eigenvalue weighted by Gasteiger charge is 2.39. The number of carbonyl (C=O) groups excluding carboxylic acids is 2. The third kappa shape index (κ3) is 2.13. The van der Waals surface area contributed by atoms with Crippen LogP contribution in [0.1, 0.15) is 47.4 Å². The van der Waals surface area contributed by atoms with Gasteiger partial charge in [0.15, 0.2) is 0 Å². The van der Waals surface area contributed by atoms with Crippen molar-refractivity contribution in [3.8, 4) is 0 Å². The van der Waals surface area contributed by atoms with Gasteiger partial charge in [0.2, 0.25) is 0 Å². The first-order valence-corrected chi connectivity index (χ1v) is 5.99. The predicted octanol–water partition coefficient (Wildman–Crippen LogP) is 1.23. The number of rotatable bonds is 4. The van der Waals surface area contributed by atoms with Gasteiger partial charge >= 0.3 is 0 Å². The Morgan fingerprint density at radius 3 is 2.61 bits per heavy atom. The largest absolute Gasteiger partial charge is 0.388 e. The molecule has 0 bridgehead atoms. The number of fused-ring (bicyclic) bond motifs is 1. The van der Waals surface area contributed by atoms with Crippen molar-refractivity contribution in [2.45, 2.75) is 32.3 Å². The van der Waals surface area contributed by atoms with Crippen LogP contribution in [0, 0.1) is 0 Å². The Morgan fingerprint density at radius 1 is 1.33 bits per heavy atom. The van der Waals surface area contributed by atoms with Gasteiger partial charge in [0.1, 0.15) is 0 Å². The van der Waals surface area contributed by atoms with Crippen molar-refractivity contribution in [3.63, 3.8) is 0 Å². The number of hydrogen-bond acceptors (Lipinski definition) is 4. The first-order chi connectivity index (χ1) is 8.46. The molecular weight excluding hydrogens is 232 g/mol. The molecule has 5 heteroatoms. The van der Waals surface area contributed by atoms with Crippen molar-refractivity contribution in [1.82, 2.24) is 9.88 Å². The van der Waals surface area contributed by atoms with Crippen molar-refractivity contribution in [2.24, 2.45) is 0 Å². The van der Waals surface area contributed by atoms with E-state index in [-0.39, 0.29) is 18.4 Å². The molecule has 1 aromatic heterocycles. The highest BCUT2D eigenvalue weighted by molar-refractivity contribution is 6.21. The number of nitrogens with zero attached hydrogens (tertiary/aromatic N) is 2. The van der Waals surface area contributed by atoms with E-state index in [0.717, 1.165) is 11.3 Å². The number of imide groups is 1. The number of carbonyl (C=O) groups is 2. The quantitative estimate of drug-likeness (QED) is 0.813. The van der Waals surface area contributed by atoms with Crippen molar-refractivity contribution in [3.05, 3.63) is 29.6 Å². The van der Waals surface area contributed by atoms with Gasteiger partial charge in [0, 0.05) is 12.4 Å². The summed E-state index contributed by atoms with van der Waals surface area (Å²) < 4.78 is 0. The van der Waals surface area contributed by atoms with Crippen LogP contribution in [0.2, 0.25) is 0 Å². The summed E-state index contributed by atoms with van der Waals surface area (Å²) in [5.41, 5.74) is -0.368. The fourth-order valence-electron chi connectivity index (χ4n) is 2.24. The molecule has 2 rings (SSSR count). The van der Waals surface area contributed by atoms with Crippen LogP contribution < -0.4 is 0 Å². The molecule has 5 nitrogen and oxygen atoms in total. The molecule has 0 saturated carbocycles. The fourth-order valence-corrected chi connectivity index (χ4v) is 2.24. The lowest BCUT2D eigenvalue weighted by Crippen LogP contribution is -2.43. The van der Waals surface area contributed by atoms with Gasteiger partial charge in [0.25, 0.3) is 11.8 Å². The monoisotopic (exact) mass is 248 g/mol. The van der Waals surface area contributed by atoms with Crippen LogP contribution in [0.5, 0.6) is 0 Å². The molecule has 0 aliphatic carbocycles. The zero-order valence-corrected chi connectivity index (χ0v) is 10.5. The van der Waals surface area contributed by atoms with Crippen LogP contribution in [0.25, 0.3) is 0 Å². The van der Waals surface area contributed by atoms with Crippen LogP contribution in [-0.2, 0) is 0 Å². The Kier molecular flexibility index (Phi) is 3.17. The molecule has 0 aromatic carbocycles. The molecule has 1 aliphatic heterocycles. The van der Waals surface area contributed by atoms with Gasteiger partial charge in [-0.15, -0.1) is 0 Å². The molecule has 2 amide bonds. The molecule has 1 aromatic rings. The van der Waals surface area contributed by atoms with Crippen molar-refractivity contribution >= 4 is 11.8 Å². The first kappa shape index (κ1) is 12.7. The van der Waals surface area contributed by atoms with Crippen LogP contribution in [0.3, 0.4) is 0 Å². The minimum Gasteiger partial charge on any atom is -0.388 e. The summed E-state index contributed by atoms with van der Waals surface area (Å²) in [5, 5.41) is 10.1. The summed E-state index contributed by atoms with van der Waals surface area (Å²) in [6.45, 7) is 3.60. The van der Waals surface area contributed by atoms with E-state index >= 15 is 0 Å². The summed E-state index contributed by atoms with van der Waals surface area (Å²) >= 11 is 0. The molecular formula is C13H16N2O3. The minimum absolute atomic E-state index is 0.0210. The zero-order chi connectivity index (χ0) is 13.3. The van der Waals surface area contributed by atoms with Crippen molar-refractivity contribution in [1.29, 1.82) is 0 Å². The molecule has 0 saturated heterocycles. The van der Waals surface area contributed by atoms with E-state index in [0.29, 0.717) is 17.5 Å². The van der Waals surface area contributed by atoms with Gasteiger partial charge in [0.05, 0.1) is 23.3 Å². The normalized spacial score (nSPS) is 17.8. The second kappa shape index (κ2) is 4.49. The van der Waals surface area contributed by atoms with E-state index in [1.165, 1.54) is 18.5 Å². The summed E-state index contributed by atoms with van der Waals surface area (Å²) in [6.07, 6.45) is 4.21. The minimum atomic E-state index is -1.05. The fraction of sp³-hybridized carbons (Fsp3) is 0.462. The van der Waals surface area contributed by atoms with E-state index in [2.05, 4.69) is 4.98 Å². The average Bonchev–Trinajstić information content (AvgIpc) is 2.55. The molecule has 0 fully saturated rings. The van der Waals surface area contributed by atoms with Gasteiger partial charge in [-0.05, 0) is 19.4 Å². The molecule has 2 heterocycles. The summed E-state index contributed by atoms with van der Waals surface area (Å²) in [5.74, 6) is -0.728. The Bertz CT molecular complexity index is 462. The smallest absolute Gasteiger partial charge is 0.263 e.